The average Bonchev–Trinajstić information content (AvgIpc) is 2.72. The molecule has 0 spiro atoms. The van der Waals surface area contributed by atoms with Crippen molar-refractivity contribution in [2.75, 3.05) is 13.2 Å². The molecule has 0 aliphatic rings. The summed E-state index contributed by atoms with van der Waals surface area (Å²) >= 11 is 5.87. The highest BCUT2D eigenvalue weighted by atomic mass is 35.5. The molecule has 0 saturated heterocycles. The normalized spacial score (nSPS) is 10.5. The summed E-state index contributed by atoms with van der Waals surface area (Å²) in [5.74, 6) is 0.396. The van der Waals surface area contributed by atoms with Gasteiger partial charge in [0.15, 0.2) is 0 Å². The first-order valence-corrected chi connectivity index (χ1v) is 9.52. The van der Waals surface area contributed by atoms with Gasteiger partial charge in [0.25, 0.3) is 5.91 Å². The lowest BCUT2D eigenvalue weighted by Crippen LogP contribution is -2.25. The molecule has 2 N–H and O–H groups in total. The van der Waals surface area contributed by atoms with E-state index in [1.807, 2.05) is 42.5 Å². The molecule has 0 fully saturated rings. The zero-order valence-electron chi connectivity index (χ0n) is 15.4. The number of carbonyl (C=O) groups excluding carboxylic acids is 1. The van der Waals surface area contributed by atoms with Crippen LogP contribution in [-0.2, 0) is 12.8 Å². The van der Waals surface area contributed by atoms with Crippen LogP contribution in [0.5, 0.6) is 11.5 Å². The topological polar surface area (TPSA) is 58.6 Å². The molecule has 3 aromatic rings. The SMILES string of the molecule is O=C(NCCc1ccc(OCCc2ccccc2)cc1)c1cc(Cl)ccc1O. The fourth-order valence-electron chi connectivity index (χ4n) is 2.79. The predicted molar refractivity (Wildman–Crippen MR) is 111 cm³/mol. The summed E-state index contributed by atoms with van der Waals surface area (Å²) in [5, 5.41) is 13.0. The Labute approximate surface area is 169 Å². The summed E-state index contributed by atoms with van der Waals surface area (Å²) in [6.07, 6.45) is 1.54. The second-order valence-corrected chi connectivity index (χ2v) is 6.83. The zero-order valence-corrected chi connectivity index (χ0v) is 16.2. The van der Waals surface area contributed by atoms with E-state index in [2.05, 4.69) is 17.4 Å². The van der Waals surface area contributed by atoms with Crippen molar-refractivity contribution in [1.29, 1.82) is 0 Å². The summed E-state index contributed by atoms with van der Waals surface area (Å²) in [6, 6.07) is 22.5. The van der Waals surface area contributed by atoms with Gasteiger partial charge in [0.05, 0.1) is 12.2 Å². The van der Waals surface area contributed by atoms with Crippen LogP contribution >= 0.6 is 11.6 Å². The largest absolute Gasteiger partial charge is 0.507 e. The maximum absolute atomic E-state index is 12.1. The Kier molecular flexibility index (Phi) is 6.93. The Hall–Kier alpha value is -2.98. The fraction of sp³-hybridized carbons (Fsp3) is 0.174. The van der Waals surface area contributed by atoms with E-state index in [4.69, 9.17) is 16.3 Å². The standard InChI is InChI=1S/C23H22ClNO3/c24-19-8-11-22(26)21(16-19)23(27)25-14-12-18-6-9-20(10-7-18)28-15-13-17-4-2-1-3-5-17/h1-11,16,26H,12-15H2,(H,25,27). The van der Waals surface area contributed by atoms with Crippen molar-refractivity contribution in [3.05, 3.63) is 94.5 Å². The van der Waals surface area contributed by atoms with Crippen LogP contribution < -0.4 is 10.1 Å². The van der Waals surface area contributed by atoms with E-state index in [1.165, 1.54) is 23.8 Å². The van der Waals surface area contributed by atoms with E-state index in [0.29, 0.717) is 24.6 Å². The first-order chi connectivity index (χ1) is 13.6. The maximum Gasteiger partial charge on any atom is 0.255 e. The Bertz CT molecular complexity index is 911. The van der Waals surface area contributed by atoms with Gasteiger partial charge in [-0.3, -0.25) is 4.79 Å². The molecular weight excluding hydrogens is 374 g/mol. The third kappa shape index (κ3) is 5.76. The number of hydrogen-bond donors (Lipinski definition) is 2. The minimum Gasteiger partial charge on any atom is -0.507 e. The number of rotatable bonds is 8. The van der Waals surface area contributed by atoms with Crippen molar-refractivity contribution in [3.8, 4) is 11.5 Å². The second-order valence-electron chi connectivity index (χ2n) is 6.40. The summed E-state index contributed by atoms with van der Waals surface area (Å²) in [6.45, 7) is 1.08. The van der Waals surface area contributed by atoms with Gasteiger partial charge < -0.3 is 15.2 Å². The summed E-state index contributed by atoms with van der Waals surface area (Å²) in [4.78, 5) is 12.1. The number of phenols is 1. The summed E-state index contributed by atoms with van der Waals surface area (Å²) in [5.41, 5.74) is 2.52. The third-order valence-electron chi connectivity index (χ3n) is 4.33. The number of ether oxygens (including phenoxy) is 1. The van der Waals surface area contributed by atoms with Gasteiger partial charge in [-0.15, -0.1) is 0 Å². The summed E-state index contributed by atoms with van der Waals surface area (Å²) < 4.78 is 5.78. The predicted octanol–water partition coefficient (Wildman–Crippen LogP) is 4.64. The van der Waals surface area contributed by atoms with Gasteiger partial charge in [-0.25, -0.2) is 0 Å². The molecule has 5 heteroatoms. The number of amides is 1. The number of carbonyl (C=O) groups is 1. The van der Waals surface area contributed by atoms with Crippen LogP contribution in [0, 0.1) is 0 Å². The van der Waals surface area contributed by atoms with Crippen molar-refractivity contribution in [1.82, 2.24) is 5.32 Å². The molecule has 0 radical (unpaired) electrons. The first kappa shape index (κ1) is 19.8. The Morgan fingerprint density at radius 1 is 0.929 bits per heavy atom. The van der Waals surface area contributed by atoms with Crippen molar-refractivity contribution >= 4 is 17.5 Å². The van der Waals surface area contributed by atoms with Crippen LogP contribution in [0.25, 0.3) is 0 Å². The second kappa shape index (κ2) is 9.81. The van der Waals surface area contributed by atoms with E-state index in [0.717, 1.165) is 17.7 Å². The fourth-order valence-corrected chi connectivity index (χ4v) is 2.96. The lowest BCUT2D eigenvalue weighted by Gasteiger charge is -2.09. The molecule has 1 amide bonds. The molecule has 0 aromatic heterocycles. The highest BCUT2D eigenvalue weighted by molar-refractivity contribution is 6.31. The molecule has 0 saturated carbocycles. The zero-order chi connectivity index (χ0) is 19.8. The lowest BCUT2D eigenvalue weighted by atomic mass is 10.1. The molecule has 0 bridgehead atoms. The molecule has 0 heterocycles. The molecular formula is C23H22ClNO3. The lowest BCUT2D eigenvalue weighted by molar-refractivity contribution is 0.0951. The molecule has 0 aliphatic carbocycles. The molecule has 0 aliphatic heterocycles. The Morgan fingerprint density at radius 3 is 2.39 bits per heavy atom. The van der Waals surface area contributed by atoms with Gasteiger partial charge in [0.2, 0.25) is 0 Å². The van der Waals surface area contributed by atoms with Crippen LogP contribution in [0.4, 0.5) is 0 Å². The van der Waals surface area contributed by atoms with Crippen LogP contribution in [0.15, 0.2) is 72.8 Å². The highest BCUT2D eigenvalue weighted by Crippen LogP contribution is 2.21. The van der Waals surface area contributed by atoms with E-state index in [9.17, 15) is 9.90 Å². The van der Waals surface area contributed by atoms with Gasteiger partial charge in [0, 0.05) is 18.0 Å². The molecule has 3 rings (SSSR count). The monoisotopic (exact) mass is 395 g/mol. The first-order valence-electron chi connectivity index (χ1n) is 9.14. The highest BCUT2D eigenvalue weighted by Gasteiger charge is 2.11. The van der Waals surface area contributed by atoms with E-state index in [-0.39, 0.29) is 17.2 Å². The molecule has 3 aromatic carbocycles. The van der Waals surface area contributed by atoms with Crippen LogP contribution in [0.1, 0.15) is 21.5 Å². The number of phenolic OH excluding ortho intramolecular Hbond substituents is 1. The van der Waals surface area contributed by atoms with Gasteiger partial charge >= 0.3 is 0 Å². The van der Waals surface area contributed by atoms with E-state index < -0.39 is 0 Å². The van der Waals surface area contributed by atoms with Crippen molar-refractivity contribution in [2.24, 2.45) is 0 Å². The van der Waals surface area contributed by atoms with Crippen LogP contribution in [0.3, 0.4) is 0 Å². The summed E-state index contributed by atoms with van der Waals surface area (Å²) in [7, 11) is 0. The minimum atomic E-state index is -0.346. The van der Waals surface area contributed by atoms with Crippen molar-refractivity contribution in [3.63, 3.8) is 0 Å². The average molecular weight is 396 g/mol. The number of hydrogen-bond acceptors (Lipinski definition) is 3. The van der Waals surface area contributed by atoms with E-state index >= 15 is 0 Å². The molecule has 4 nitrogen and oxygen atoms in total. The van der Waals surface area contributed by atoms with E-state index in [1.54, 1.807) is 0 Å². The van der Waals surface area contributed by atoms with Gasteiger partial charge in [-0.2, -0.15) is 0 Å². The van der Waals surface area contributed by atoms with Crippen LogP contribution in [-0.4, -0.2) is 24.2 Å². The number of benzene rings is 3. The van der Waals surface area contributed by atoms with Crippen molar-refractivity contribution < 1.29 is 14.6 Å². The number of aromatic hydroxyl groups is 1. The van der Waals surface area contributed by atoms with Crippen LogP contribution in [0.2, 0.25) is 5.02 Å². The van der Waals surface area contributed by atoms with Crippen molar-refractivity contribution in [2.45, 2.75) is 12.8 Å². The molecule has 0 atom stereocenters. The molecule has 0 unspecified atom stereocenters. The van der Waals surface area contributed by atoms with Gasteiger partial charge in [0.1, 0.15) is 11.5 Å². The Balaban J connectivity index is 1.43. The smallest absolute Gasteiger partial charge is 0.255 e. The molecule has 144 valence electrons. The minimum absolute atomic E-state index is 0.0843. The maximum atomic E-state index is 12.1. The number of halogens is 1. The number of nitrogens with one attached hydrogen (secondary N) is 1. The quantitative estimate of drug-likeness (QED) is 0.584. The Morgan fingerprint density at radius 2 is 1.64 bits per heavy atom. The molecule has 28 heavy (non-hydrogen) atoms. The third-order valence-corrected chi connectivity index (χ3v) is 4.56. The van der Waals surface area contributed by atoms with Gasteiger partial charge in [-0.1, -0.05) is 54.1 Å². The van der Waals surface area contributed by atoms with Gasteiger partial charge in [-0.05, 0) is 47.9 Å².